The van der Waals surface area contributed by atoms with Crippen molar-refractivity contribution >= 4 is 16.7 Å². The van der Waals surface area contributed by atoms with E-state index in [1.807, 2.05) is 0 Å². The van der Waals surface area contributed by atoms with Crippen molar-refractivity contribution in [1.82, 2.24) is 15.3 Å². The van der Waals surface area contributed by atoms with Gasteiger partial charge in [-0.1, -0.05) is 0 Å². The zero-order valence-corrected chi connectivity index (χ0v) is 12.4. The van der Waals surface area contributed by atoms with Crippen LogP contribution in [0.2, 0.25) is 0 Å². The minimum Gasteiger partial charge on any atom is -0.465 e. The number of H-pyrrole nitrogens is 1. The molecular formula is C15H20N4O3. The molecule has 1 saturated heterocycles. The van der Waals surface area contributed by atoms with Crippen molar-refractivity contribution in [3.8, 4) is 6.01 Å². The number of rotatable bonds is 6. The van der Waals surface area contributed by atoms with Crippen molar-refractivity contribution < 1.29 is 9.66 Å². The molecule has 2 heterocycles. The van der Waals surface area contributed by atoms with Crippen LogP contribution in [0.1, 0.15) is 25.7 Å². The Morgan fingerprint density at radius 3 is 3.14 bits per heavy atom. The Bertz CT molecular complexity index is 649. The predicted octanol–water partition coefficient (Wildman–Crippen LogP) is 2.63. The van der Waals surface area contributed by atoms with Gasteiger partial charge in [-0.2, -0.15) is 4.98 Å². The number of ether oxygens (including phenoxy) is 1. The van der Waals surface area contributed by atoms with E-state index in [1.165, 1.54) is 25.0 Å². The molecule has 118 valence electrons. The lowest BCUT2D eigenvalue weighted by molar-refractivity contribution is -0.384. The van der Waals surface area contributed by atoms with Crippen LogP contribution in [0.25, 0.3) is 11.0 Å². The standard InChI is InChI=1S/C15H20N4O3/c20-19(21)12-5-6-13-14(9-12)18-15(17-13)22-8-2-4-11-3-1-7-16-10-11/h5-6,9,11,16H,1-4,7-8,10H2,(H,17,18). The zero-order valence-electron chi connectivity index (χ0n) is 12.4. The molecule has 0 aliphatic carbocycles. The van der Waals surface area contributed by atoms with E-state index < -0.39 is 4.92 Å². The molecule has 2 N–H and O–H groups in total. The highest BCUT2D eigenvalue weighted by atomic mass is 16.6. The number of hydrogen-bond acceptors (Lipinski definition) is 5. The highest BCUT2D eigenvalue weighted by molar-refractivity contribution is 5.78. The second kappa shape index (κ2) is 6.74. The fraction of sp³-hybridized carbons (Fsp3) is 0.533. The first-order valence-corrected chi connectivity index (χ1v) is 7.70. The van der Waals surface area contributed by atoms with Crippen LogP contribution in [0.4, 0.5) is 5.69 Å². The highest BCUT2D eigenvalue weighted by Gasteiger charge is 2.13. The van der Waals surface area contributed by atoms with Gasteiger partial charge in [0, 0.05) is 12.1 Å². The first-order valence-electron chi connectivity index (χ1n) is 7.70. The number of non-ortho nitro benzene ring substituents is 1. The smallest absolute Gasteiger partial charge is 0.294 e. The summed E-state index contributed by atoms with van der Waals surface area (Å²) < 4.78 is 5.63. The zero-order chi connectivity index (χ0) is 15.4. The number of imidazole rings is 1. The Morgan fingerprint density at radius 1 is 1.45 bits per heavy atom. The first kappa shape index (κ1) is 14.8. The van der Waals surface area contributed by atoms with Crippen LogP contribution >= 0.6 is 0 Å². The molecule has 1 atom stereocenters. The van der Waals surface area contributed by atoms with Crippen LogP contribution in [0, 0.1) is 16.0 Å². The Kier molecular flexibility index (Phi) is 4.53. The summed E-state index contributed by atoms with van der Waals surface area (Å²) in [5.41, 5.74) is 1.35. The number of fused-ring (bicyclic) bond motifs is 1. The molecule has 0 radical (unpaired) electrons. The Morgan fingerprint density at radius 2 is 2.36 bits per heavy atom. The molecule has 1 aliphatic rings. The molecule has 7 heteroatoms. The van der Waals surface area contributed by atoms with Gasteiger partial charge in [-0.05, 0) is 50.8 Å². The van der Waals surface area contributed by atoms with Gasteiger partial charge in [-0.3, -0.25) is 10.1 Å². The van der Waals surface area contributed by atoms with E-state index in [9.17, 15) is 10.1 Å². The fourth-order valence-electron chi connectivity index (χ4n) is 2.87. The quantitative estimate of drug-likeness (QED) is 0.486. The van der Waals surface area contributed by atoms with Crippen LogP contribution in [-0.2, 0) is 0 Å². The number of aromatic nitrogens is 2. The summed E-state index contributed by atoms with van der Waals surface area (Å²) in [6.07, 6.45) is 4.69. The molecule has 0 amide bonds. The van der Waals surface area contributed by atoms with Crippen molar-refractivity contribution in [1.29, 1.82) is 0 Å². The Hall–Kier alpha value is -2.15. The fourth-order valence-corrected chi connectivity index (χ4v) is 2.87. The van der Waals surface area contributed by atoms with Crippen LogP contribution in [0.5, 0.6) is 6.01 Å². The van der Waals surface area contributed by atoms with Crippen molar-refractivity contribution in [3.63, 3.8) is 0 Å². The van der Waals surface area contributed by atoms with Gasteiger partial charge < -0.3 is 15.0 Å². The molecule has 22 heavy (non-hydrogen) atoms. The van der Waals surface area contributed by atoms with Crippen molar-refractivity contribution in [3.05, 3.63) is 28.3 Å². The van der Waals surface area contributed by atoms with Crippen LogP contribution in [0.3, 0.4) is 0 Å². The molecule has 0 saturated carbocycles. The van der Waals surface area contributed by atoms with Gasteiger partial charge in [0.05, 0.1) is 22.6 Å². The van der Waals surface area contributed by atoms with Gasteiger partial charge in [-0.25, -0.2) is 0 Å². The summed E-state index contributed by atoms with van der Waals surface area (Å²) >= 11 is 0. The molecule has 1 unspecified atom stereocenters. The number of nitrogens with one attached hydrogen (secondary N) is 2. The van der Waals surface area contributed by atoms with Gasteiger partial charge in [0.25, 0.3) is 11.7 Å². The molecule has 1 aromatic heterocycles. The summed E-state index contributed by atoms with van der Waals surface area (Å²) in [6.45, 7) is 2.85. The molecule has 2 aromatic rings. The number of benzene rings is 1. The maximum absolute atomic E-state index is 10.7. The Balaban J connectivity index is 1.52. The lowest BCUT2D eigenvalue weighted by Crippen LogP contribution is -2.29. The third-order valence-corrected chi connectivity index (χ3v) is 4.05. The van der Waals surface area contributed by atoms with Crippen molar-refractivity contribution in [2.24, 2.45) is 5.92 Å². The monoisotopic (exact) mass is 304 g/mol. The second-order valence-electron chi connectivity index (χ2n) is 5.70. The molecule has 1 aliphatic heterocycles. The molecular weight excluding hydrogens is 284 g/mol. The second-order valence-corrected chi connectivity index (χ2v) is 5.70. The van der Waals surface area contributed by atoms with Crippen molar-refractivity contribution in [2.45, 2.75) is 25.7 Å². The summed E-state index contributed by atoms with van der Waals surface area (Å²) in [5, 5.41) is 14.2. The van der Waals surface area contributed by atoms with Crippen LogP contribution in [0.15, 0.2) is 18.2 Å². The van der Waals surface area contributed by atoms with Crippen LogP contribution < -0.4 is 10.1 Å². The van der Waals surface area contributed by atoms with E-state index >= 15 is 0 Å². The minimum absolute atomic E-state index is 0.0486. The summed E-state index contributed by atoms with van der Waals surface area (Å²) in [5.74, 6) is 0.746. The summed E-state index contributed by atoms with van der Waals surface area (Å²) in [6, 6.07) is 4.98. The van der Waals surface area contributed by atoms with E-state index in [4.69, 9.17) is 4.74 Å². The SMILES string of the molecule is O=[N+]([O-])c1ccc2nc(OCCCC3CCCNC3)[nH]c2c1. The highest BCUT2D eigenvalue weighted by Crippen LogP contribution is 2.22. The van der Waals surface area contributed by atoms with E-state index in [0.29, 0.717) is 23.7 Å². The normalized spacial score (nSPS) is 18.5. The lowest BCUT2D eigenvalue weighted by Gasteiger charge is -2.22. The van der Waals surface area contributed by atoms with Gasteiger partial charge >= 0.3 is 0 Å². The molecule has 7 nitrogen and oxygen atoms in total. The third kappa shape index (κ3) is 3.54. The number of nitro groups is 1. The first-order chi connectivity index (χ1) is 10.7. The van der Waals surface area contributed by atoms with E-state index in [0.717, 1.165) is 31.8 Å². The summed E-state index contributed by atoms with van der Waals surface area (Å²) in [4.78, 5) is 17.6. The molecule has 0 spiro atoms. The van der Waals surface area contributed by atoms with E-state index in [1.54, 1.807) is 6.07 Å². The van der Waals surface area contributed by atoms with Crippen molar-refractivity contribution in [2.75, 3.05) is 19.7 Å². The van der Waals surface area contributed by atoms with E-state index in [-0.39, 0.29) is 5.69 Å². The number of hydrogen-bond donors (Lipinski definition) is 2. The van der Waals surface area contributed by atoms with Crippen LogP contribution in [-0.4, -0.2) is 34.6 Å². The summed E-state index contributed by atoms with van der Waals surface area (Å²) in [7, 11) is 0. The third-order valence-electron chi connectivity index (χ3n) is 4.05. The minimum atomic E-state index is -0.418. The average molecular weight is 304 g/mol. The topological polar surface area (TPSA) is 93.1 Å². The lowest BCUT2D eigenvalue weighted by atomic mass is 9.95. The van der Waals surface area contributed by atoms with Gasteiger partial charge in [0.2, 0.25) is 0 Å². The number of piperidine rings is 1. The van der Waals surface area contributed by atoms with Gasteiger partial charge in [0.1, 0.15) is 0 Å². The Labute approximate surface area is 128 Å². The van der Waals surface area contributed by atoms with Gasteiger partial charge in [0.15, 0.2) is 0 Å². The predicted molar refractivity (Wildman–Crippen MR) is 83.1 cm³/mol. The van der Waals surface area contributed by atoms with E-state index in [2.05, 4.69) is 15.3 Å². The molecule has 0 bridgehead atoms. The maximum Gasteiger partial charge on any atom is 0.294 e. The maximum atomic E-state index is 10.7. The molecule has 3 rings (SSSR count). The molecule has 1 aromatic carbocycles. The number of aromatic amines is 1. The van der Waals surface area contributed by atoms with Gasteiger partial charge in [-0.15, -0.1) is 0 Å². The largest absolute Gasteiger partial charge is 0.465 e. The molecule has 1 fully saturated rings. The number of nitro benzene ring substituents is 1. The number of nitrogens with zero attached hydrogens (tertiary/aromatic N) is 2. The average Bonchev–Trinajstić information content (AvgIpc) is 2.94.